The van der Waals surface area contributed by atoms with Gasteiger partial charge in [0.05, 0.1) is 19.1 Å². The average Bonchev–Trinajstić information content (AvgIpc) is 2.74. The first-order valence-corrected chi connectivity index (χ1v) is 12.5. The molecular formula is C24H33N3O5S. The summed E-state index contributed by atoms with van der Waals surface area (Å²) < 4.78 is 31.2. The molecule has 0 aromatic heterocycles. The molecule has 0 bridgehead atoms. The molecule has 2 amide bonds. The molecule has 0 unspecified atom stereocenters. The quantitative estimate of drug-likeness (QED) is 0.570. The van der Waals surface area contributed by atoms with Gasteiger partial charge in [0.1, 0.15) is 18.3 Å². The fraction of sp³-hybridized carbons (Fsp3) is 0.417. The number of hydrogen-bond donors (Lipinski definition) is 1. The van der Waals surface area contributed by atoms with Gasteiger partial charge < -0.3 is 15.0 Å². The third-order valence-corrected chi connectivity index (χ3v) is 6.21. The zero-order valence-corrected chi connectivity index (χ0v) is 20.8. The second-order valence-electron chi connectivity index (χ2n) is 8.32. The van der Waals surface area contributed by atoms with E-state index in [4.69, 9.17) is 4.74 Å². The summed E-state index contributed by atoms with van der Waals surface area (Å²) in [5.74, 6) is -0.218. The third kappa shape index (κ3) is 7.49. The van der Waals surface area contributed by atoms with E-state index in [0.717, 1.165) is 21.7 Å². The largest absolute Gasteiger partial charge is 0.497 e. The van der Waals surface area contributed by atoms with Gasteiger partial charge in [-0.25, -0.2) is 8.42 Å². The lowest BCUT2D eigenvalue weighted by Crippen LogP contribution is -2.52. The van der Waals surface area contributed by atoms with Crippen LogP contribution in [0.1, 0.15) is 31.9 Å². The van der Waals surface area contributed by atoms with E-state index in [1.54, 1.807) is 31.2 Å². The zero-order chi connectivity index (χ0) is 24.8. The van der Waals surface area contributed by atoms with Crippen molar-refractivity contribution in [2.75, 3.05) is 24.2 Å². The average molecular weight is 476 g/mol. The van der Waals surface area contributed by atoms with E-state index >= 15 is 0 Å². The number of anilines is 1. The van der Waals surface area contributed by atoms with Gasteiger partial charge in [0.25, 0.3) is 0 Å². The first kappa shape index (κ1) is 26.2. The van der Waals surface area contributed by atoms with Crippen molar-refractivity contribution in [1.29, 1.82) is 0 Å². The molecule has 0 radical (unpaired) electrons. The number of aryl methyl sites for hydroxylation is 1. The molecular weight excluding hydrogens is 442 g/mol. The molecule has 33 heavy (non-hydrogen) atoms. The molecule has 0 aliphatic rings. The number of sulfonamides is 1. The van der Waals surface area contributed by atoms with Crippen LogP contribution in [0.3, 0.4) is 0 Å². The summed E-state index contributed by atoms with van der Waals surface area (Å²) in [6, 6.07) is 13.2. The second-order valence-corrected chi connectivity index (χ2v) is 10.2. The number of benzene rings is 2. The van der Waals surface area contributed by atoms with Crippen LogP contribution in [-0.4, -0.2) is 57.1 Å². The molecule has 1 N–H and O–H groups in total. The summed E-state index contributed by atoms with van der Waals surface area (Å²) in [7, 11) is -2.25. The van der Waals surface area contributed by atoms with Crippen LogP contribution in [0.4, 0.5) is 5.69 Å². The number of carbonyl (C=O) groups excluding carboxylic acids is 2. The maximum atomic E-state index is 13.4. The Hall–Kier alpha value is -3.07. The van der Waals surface area contributed by atoms with E-state index in [1.807, 2.05) is 45.0 Å². The van der Waals surface area contributed by atoms with Crippen molar-refractivity contribution in [3.05, 3.63) is 59.7 Å². The molecule has 2 aromatic carbocycles. The van der Waals surface area contributed by atoms with Crippen molar-refractivity contribution < 1.29 is 22.7 Å². The van der Waals surface area contributed by atoms with E-state index in [1.165, 1.54) is 12.0 Å². The summed E-state index contributed by atoms with van der Waals surface area (Å²) in [6.07, 6.45) is 1.05. The number of amides is 2. The van der Waals surface area contributed by atoms with Gasteiger partial charge in [0.15, 0.2) is 0 Å². The molecule has 0 spiro atoms. The van der Waals surface area contributed by atoms with Crippen molar-refractivity contribution in [3.63, 3.8) is 0 Å². The van der Waals surface area contributed by atoms with E-state index < -0.39 is 28.5 Å². The SMILES string of the molecule is COc1ccc(N(CC(=O)N(Cc2cccc(C)c2)[C@H](C)C(=O)NC(C)C)S(C)(=O)=O)cc1. The van der Waals surface area contributed by atoms with Gasteiger partial charge in [-0.1, -0.05) is 29.8 Å². The Morgan fingerprint density at radius 2 is 1.70 bits per heavy atom. The van der Waals surface area contributed by atoms with Crippen molar-refractivity contribution in [2.45, 2.75) is 46.3 Å². The van der Waals surface area contributed by atoms with Crippen molar-refractivity contribution in [2.24, 2.45) is 0 Å². The summed E-state index contributed by atoms with van der Waals surface area (Å²) >= 11 is 0. The lowest BCUT2D eigenvalue weighted by molar-refractivity contribution is -0.139. The molecule has 0 heterocycles. The van der Waals surface area contributed by atoms with E-state index in [0.29, 0.717) is 11.4 Å². The summed E-state index contributed by atoms with van der Waals surface area (Å²) in [6.45, 7) is 7.01. The van der Waals surface area contributed by atoms with Gasteiger partial charge >= 0.3 is 0 Å². The number of carbonyl (C=O) groups is 2. The minimum absolute atomic E-state index is 0.0947. The van der Waals surface area contributed by atoms with E-state index in [9.17, 15) is 18.0 Å². The molecule has 0 saturated heterocycles. The highest BCUT2D eigenvalue weighted by Gasteiger charge is 2.30. The van der Waals surface area contributed by atoms with Crippen LogP contribution in [0.25, 0.3) is 0 Å². The molecule has 2 aromatic rings. The van der Waals surface area contributed by atoms with Crippen LogP contribution in [0.15, 0.2) is 48.5 Å². The zero-order valence-electron chi connectivity index (χ0n) is 20.0. The van der Waals surface area contributed by atoms with Gasteiger partial charge in [-0.05, 0) is 57.5 Å². The summed E-state index contributed by atoms with van der Waals surface area (Å²) in [5, 5.41) is 2.82. The normalized spacial score (nSPS) is 12.2. The Kier molecular flexibility index (Phi) is 8.87. The smallest absolute Gasteiger partial charge is 0.244 e. The lowest BCUT2D eigenvalue weighted by Gasteiger charge is -2.32. The predicted molar refractivity (Wildman–Crippen MR) is 130 cm³/mol. The van der Waals surface area contributed by atoms with Crippen LogP contribution in [0.5, 0.6) is 5.75 Å². The van der Waals surface area contributed by atoms with Crippen LogP contribution in [-0.2, 0) is 26.2 Å². The number of nitrogens with zero attached hydrogens (tertiary/aromatic N) is 2. The van der Waals surface area contributed by atoms with Gasteiger partial charge in [-0.2, -0.15) is 0 Å². The van der Waals surface area contributed by atoms with Crippen LogP contribution in [0, 0.1) is 6.92 Å². The summed E-state index contributed by atoms with van der Waals surface area (Å²) in [4.78, 5) is 27.6. The fourth-order valence-corrected chi connectivity index (χ4v) is 4.21. The maximum absolute atomic E-state index is 13.4. The highest BCUT2D eigenvalue weighted by molar-refractivity contribution is 7.92. The highest BCUT2D eigenvalue weighted by Crippen LogP contribution is 2.22. The molecule has 0 aliphatic heterocycles. The topological polar surface area (TPSA) is 96.0 Å². The highest BCUT2D eigenvalue weighted by atomic mass is 32.2. The molecule has 0 fully saturated rings. The first-order valence-electron chi connectivity index (χ1n) is 10.7. The number of methoxy groups -OCH3 is 1. The summed E-state index contributed by atoms with van der Waals surface area (Å²) in [5.41, 5.74) is 2.21. The molecule has 180 valence electrons. The first-order chi connectivity index (χ1) is 15.4. The van der Waals surface area contributed by atoms with E-state index in [2.05, 4.69) is 5.32 Å². The van der Waals surface area contributed by atoms with Gasteiger partial charge in [-0.3, -0.25) is 13.9 Å². The Labute approximate surface area is 196 Å². The molecule has 8 nitrogen and oxygen atoms in total. The maximum Gasteiger partial charge on any atom is 0.244 e. The molecule has 1 atom stereocenters. The van der Waals surface area contributed by atoms with Crippen LogP contribution < -0.4 is 14.4 Å². The molecule has 9 heteroatoms. The second kappa shape index (κ2) is 11.2. The standard InChI is InChI=1S/C24H33N3O5S/c1-17(2)25-24(29)19(4)26(15-20-9-7-8-18(3)14-20)23(28)16-27(33(6,30)31)21-10-12-22(32-5)13-11-21/h7-14,17,19H,15-16H2,1-6H3,(H,25,29)/t19-/m1/s1. The van der Waals surface area contributed by atoms with Crippen molar-refractivity contribution in [1.82, 2.24) is 10.2 Å². The lowest BCUT2D eigenvalue weighted by atomic mass is 10.1. The third-order valence-electron chi connectivity index (χ3n) is 5.07. The van der Waals surface area contributed by atoms with Crippen molar-refractivity contribution >= 4 is 27.5 Å². The van der Waals surface area contributed by atoms with Gasteiger partial charge in [0.2, 0.25) is 21.8 Å². The molecule has 0 aliphatic carbocycles. The van der Waals surface area contributed by atoms with Crippen LogP contribution in [0.2, 0.25) is 0 Å². The molecule has 2 rings (SSSR count). The minimum Gasteiger partial charge on any atom is -0.497 e. The number of hydrogen-bond acceptors (Lipinski definition) is 5. The number of nitrogens with one attached hydrogen (secondary N) is 1. The van der Waals surface area contributed by atoms with E-state index in [-0.39, 0.29) is 18.5 Å². The fourth-order valence-electron chi connectivity index (χ4n) is 3.36. The Bertz CT molecular complexity index is 1070. The number of ether oxygens (including phenoxy) is 1. The Balaban J connectivity index is 2.38. The Morgan fingerprint density at radius 3 is 2.21 bits per heavy atom. The minimum atomic E-state index is -3.77. The van der Waals surface area contributed by atoms with Crippen molar-refractivity contribution in [3.8, 4) is 5.75 Å². The monoisotopic (exact) mass is 475 g/mol. The van der Waals surface area contributed by atoms with Gasteiger partial charge in [-0.15, -0.1) is 0 Å². The van der Waals surface area contributed by atoms with Gasteiger partial charge in [0, 0.05) is 12.6 Å². The Morgan fingerprint density at radius 1 is 1.06 bits per heavy atom. The molecule has 0 saturated carbocycles. The van der Waals surface area contributed by atoms with Crippen LogP contribution >= 0.6 is 0 Å². The number of rotatable bonds is 10. The predicted octanol–water partition coefficient (Wildman–Crippen LogP) is 2.71.